The number of rotatable bonds is 2. The van der Waals surface area contributed by atoms with Gasteiger partial charge in [0, 0.05) is 6.54 Å². The molecule has 6 heteroatoms. The zero-order valence-electron chi connectivity index (χ0n) is 8.34. The van der Waals surface area contributed by atoms with Crippen molar-refractivity contribution in [1.29, 1.82) is 0 Å². The number of hydrogen-bond donors (Lipinski definition) is 1. The topological polar surface area (TPSA) is 62.7 Å². The zero-order valence-corrected chi connectivity index (χ0v) is 9.16. The van der Waals surface area contributed by atoms with Crippen molar-refractivity contribution in [3.63, 3.8) is 0 Å². The van der Waals surface area contributed by atoms with Gasteiger partial charge in [0.05, 0.1) is 25.5 Å². The molecule has 1 aliphatic rings. The summed E-state index contributed by atoms with van der Waals surface area (Å²) in [4.78, 5) is 17.2. The van der Waals surface area contributed by atoms with E-state index in [-0.39, 0.29) is 10.9 Å². The molecule has 1 fully saturated rings. The van der Waals surface area contributed by atoms with Crippen LogP contribution in [0.4, 0.5) is 5.13 Å². The minimum absolute atomic E-state index is 0.256. The molecule has 2 rings (SSSR count). The number of nitrogens with zero attached hydrogens (tertiary/aromatic N) is 2. The van der Waals surface area contributed by atoms with Crippen molar-refractivity contribution in [3.05, 3.63) is 11.1 Å². The van der Waals surface area contributed by atoms with Crippen molar-refractivity contribution in [2.75, 3.05) is 24.7 Å². The molecule has 0 radical (unpaired) electrons. The Morgan fingerprint density at radius 3 is 3.20 bits per heavy atom. The van der Waals surface area contributed by atoms with E-state index >= 15 is 0 Å². The summed E-state index contributed by atoms with van der Waals surface area (Å²) in [5.41, 5.74) is 0. The van der Waals surface area contributed by atoms with Crippen molar-refractivity contribution >= 4 is 22.4 Å². The van der Waals surface area contributed by atoms with Gasteiger partial charge in [-0.15, -0.1) is 0 Å². The normalized spacial score (nSPS) is 21.7. The minimum atomic E-state index is -0.917. The lowest BCUT2D eigenvalue weighted by atomic mass is 10.3. The van der Waals surface area contributed by atoms with Gasteiger partial charge in [0.2, 0.25) is 0 Å². The van der Waals surface area contributed by atoms with E-state index in [0.717, 1.165) is 11.7 Å². The summed E-state index contributed by atoms with van der Waals surface area (Å²) in [5, 5.41) is 9.56. The van der Waals surface area contributed by atoms with Crippen molar-refractivity contribution in [3.8, 4) is 0 Å². The Balaban J connectivity index is 2.17. The van der Waals surface area contributed by atoms with Crippen LogP contribution in [0.15, 0.2) is 6.20 Å². The van der Waals surface area contributed by atoms with Gasteiger partial charge in [-0.3, -0.25) is 0 Å². The first kappa shape index (κ1) is 10.4. The molecule has 1 aromatic rings. The number of ether oxygens (including phenoxy) is 1. The van der Waals surface area contributed by atoms with Crippen molar-refractivity contribution < 1.29 is 14.6 Å². The molecule has 0 spiro atoms. The molecule has 1 saturated heterocycles. The molecular weight excluding hydrogens is 216 g/mol. The van der Waals surface area contributed by atoms with Crippen LogP contribution in [-0.2, 0) is 4.74 Å². The minimum Gasteiger partial charge on any atom is -0.477 e. The van der Waals surface area contributed by atoms with Gasteiger partial charge >= 0.3 is 5.97 Å². The van der Waals surface area contributed by atoms with E-state index in [1.807, 2.05) is 6.92 Å². The summed E-state index contributed by atoms with van der Waals surface area (Å²) in [6.45, 7) is 4.16. The summed E-state index contributed by atoms with van der Waals surface area (Å²) in [5.74, 6) is -0.917. The summed E-state index contributed by atoms with van der Waals surface area (Å²) >= 11 is 1.21. The third kappa shape index (κ3) is 2.10. The van der Waals surface area contributed by atoms with E-state index in [1.54, 1.807) is 0 Å². The van der Waals surface area contributed by atoms with Crippen LogP contribution in [0.2, 0.25) is 0 Å². The van der Waals surface area contributed by atoms with E-state index in [2.05, 4.69) is 9.88 Å². The fourth-order valence-electron chi connectivity index (χ4n) is 1.51. The highest BCUT2D eigenvalue weighted by molar-refractivity contribution is 7.17. The van der Waals surface area contributed by atoms with Crippen LogP contribution in [0.1, 0.15) is 16.6 Å². The van der Waals surface area contributed by atoms with E-state index < -0.39 is 5.97 Å². The summed E-state index contributed by atoms with van der Waals surface area (Å²) in [6, 6.07) is 0.256. The van der Waals surface area contributed by atoms with E-state index in [1.165, 1.54) is 17.5 Å². The maximum atomic E-state index is 10.7. The Hall–Kier alpha value is -1.14. The van der Waals surface area contributed by atoms with Crippen LogP contribution in [-0.4, -0.2) is 41.9 Å². The first-order chi connectivity index (χ1) is 7.18. The summed E-state index contributed by atoms with van der Waals surface area (Å²) in [7, 11) is 0. The Labute approximate surface area is 91.3 Å². The van der Waals surface area contributed by atoms with Gasteiger partial charge in [0.1, 0.15) is 4.88 Å². The lowest BCUT2D eigenvalue weighted by molar-refractivity contribution is 0.0702. The van der Waals surface area contributed by atoms with E-state index in [4.69, 9.17) is 9.84 Å². The highest BCUT2D eigenvalue weighted by Gasteiger charge is 2.22. The van der Waals surface area contributed by atoms with Crippen LogP contribution in [0.25, 0.3) is 0 Å². The lowest BCUT2D eigenvalue weighted by Crippen LogP contribution is -2.43. The molecule has 1 unspecified atom stereocenters. The number of aromatic carboxylic acids is 1. The quantitative estimate of drug-likeness (QED) is 0.820. The molecule has 0 aromatic carbocycles. The third-order valence-electron chi connectivity index (χ3n) is 2.32. The zero-order chi connectivity index (χ0) is 10.8. The number of morpholine rings is 1. The number of anilines is 1. The second-order valence-corrected chi connectivity index (χ2v) is 4.44. The first-order valence-electron chi connectivity index (χ1n) is 4.72. The van der Waals surface area contributed by atoms with Gasteiger partial charge in [-0.2, -0.15) is 0 Å². The smallest absolute Gasteiger partial charge is 0.347 e. The van der Waals surface area contributed by atoms with Crippen LogP contribution in [0.5, 0.6) is 0 Å². The summed E-state index contributed by atoms with van der Waals surface area (Å²) in [6.07, 6.45) is 1.41. The molecule has 1 aliphatic heterocycles. The Morgan fingerprint density at radius 2 is 2.60 bits per heavy atom. The third-order valence-corrected chi connectivity index (χ3v) is 3.34. The molecule has 1 aromatic heterocycles. The molecule has 0 bridgehead atoms. The fourth-order valence-corrected chi connectivity index (χ4v) is 2.39. The molecule has 2 heterocycles. The number of aromatic nitrogens is 1. The molecule has 5 nitrogen and oxygen atoms in total. The van der Waals surface area contributed by atoms with Gasteiger partial charge in [-0.1, -0.05) is 11.3 Å². The van der Waals surface area contributed by atoms with Crippen LogP contribution in [0, 0.1) is 0 Å². The fraction of sp³-hybridized carbons (Fsp3) is 0.556. The first-order valence-corrected chi connectivity index (χ1v) is 5.53. The van der Waals surface area contributed by atoms with Crippen LogP contribution in [0.3, 0.4) is 0 Å². The maximum absolute atomic E-state index is 10.7. The monoisotopic (exact) mass is 228 g/mol. The Kier molecular flexibility index (Phi) is 2.88. The van der Waals surface area contributed by atoms with Crippen molar-refractivity contribution in [2.45, 2.75) is 13.0 Å². The number of hydrogen-bond acceptors (Lipinski definition) is 5. The average molecular weight is 228 g/mol. The maximum Gasteiger partial charge on any atom is 0.347 e. The Bertz CT molecular complexity index is 366. The largest absolute Gasteiger partial charge is 0.477 e. The van der Waals surface area contributed by atoms with E-state index in [9.17, 15) is 4.79 Å². The lowest BCUT2D eigenvalue weighted by Gasteiger charge is -2.32. The second-order valence-electron chi connectivity index (χ2n) is 3.43. The highest BCUT2D eigenvalue weighted by Crippen LogP contribution is 2.25. The number of carboxylic acids is 1. The van der Waals surface area contributed by atoms with Gasteiger partial charge in [-0.05, 0) is 6.92 Å². The molecule has 15 heavy (non-hydrogen) atoms. The van der Waals surface area contributed by atoms with Gasteiger partial charge < -0.3 is 14.7 Å². The molecule has 0 aliphatic carbocycles. The second kappa shape index (κ2) is 4.16. The summed E-state index contributed by atoms with van der Waals surface area (Å²) < 4.78 is 5.31. The molecule has 1 atom stereocenters. The molecule has 1 N–H and O–H groups in total. The van der Waals surface area contributed by atoms with E-state index in [0.29, 0.717) is 13.2 Å². The van der Waals surface area contributed by atoms with Gasteiger partial charge in [0.15, 0.2) is 5.13 Å². The van der Waals surface area contributed by atoms with Crippen molar-refractivity contribution in [2.24, 2.45) is 0 Å². The van der Waals surface area contributed by atoms with Gasteiger partial charge in [0.25, 0.3) is 0 Å². The number of carboxylic acid groups (broad SMARTS) is 1. The standard InChI is InChI=1S/C9H12N2O3S/c1-6-5-14-3-2-11(6)9-10-4-7(15-9)8(12)13/h4,6H,2-3,5H2,1H3,(H,12,13). The van der Waals surface area contributed by atoms with Crippen LogP contribution < -0.4 is 4.90 Å². The SMILES string of the molecule is CC1COCCN1c1ncc(C(=O)O)s1. The highest BCUT2D eigenvalue weighted by atomic mass is 32.1. The Morgan fingerprint density at radius 1 is 1.80 bits per heavy atom. The number of thiazole rings is 1. The molecule has 0 saturated carbocycles. The molecule has 0 amide bonds. The predicted molar refractivity (Wildman–Crippen MR) is 56.7 cm³/mol. The number of carbonyl (C=O) groups is 1. The van der Waals surface area contributed by atoms with Gasteiger partial charge in [-0.25, -0.2) is 9.78 Å². The average Bonchev–Trinajstić information content (AvgIpc) is 2.67. The molecular formula is C9H12N2O3S. The molecule has 82 valence electrons. The van der Waals surface area contributed by atoms with Crippen molar-refractivity contribution in [1.82, 2.24) is 4.98 Å². The van der Waals surface area contributed by atoms with Crippen LogP contribution >= 0.6 is 11.3 Å². The predicted octanol–water partition coefficient (Wildman–Crippen LogP) is 1.07.